The lowest BCUT2D eigenvalue weighted by Gasteiger charge is -2.35. The summed E-state index contributed by atoms with van der Waals surface area (Å²) in [6, 6.07) is 13.6. The summed E-state index contributed by atoms with van der Waals surface area (Å²) in [5, 5.41) is 13.7. The van der Waals surface area contributed by atoms with Crippen LogP contribution in [0.25, 0.3) is 0 Å². The molecule has 8 heteroatoms. The number of piperazine rings is 1. The first-order valence-electron chi connectivity index (χ1n) is 9.05. The van der Waals surface area contributed by atoms with Gasteiger partial charge in [-0.1, -0.05) is 12.1 Å². The summed E-state index contributed by atoms with van der Waals surface area (Å²) >= 11 is 0. The quantitative estimate of drug-likeness (QED) is 0.469. The second-order valence-corrected chi connectivity index (χ2v) is 6.69. The van der Waals surface area contributed by atoms with Crippen LogP contribution in [0.15, 0.2) is 48.5 Å². The fourth-order valence-electron chi connectivity index (χ4n) is 3.20. The molecule has 1 saturated heterocycles. The topological polar surface area (TPSA) is 95.8 Å². The van der Waals surface area contributed by atoms with Crippen molar-refractivity contribution in [2.75, 3.05) is 42.9 Å². The molecule has 0 aliphatic carbocycles. The van der Waals surface area contributed by atoms with Crippen LogP contribution < -0.4 is 10.2 Å². The second kappa shape index (κ2) is 8.62. The fourth-order valence-corrected chi connectivity index (χ4v) is 3.20. The number of para-hydroxylation sites is 2. The molecule has 1 amide bonds. The van der Waals surface area contributed by atoms with Gasteiger partial charge in [0.15, 0.2) is 5.78 Å². The lowest BCUT2D eigenvalue weighted by Crippen LogP contribution is -2.48. The van der Waals surface area contributed by atoms with Crippen LogP contribution in [0.3, 0.4) is 0 Å². The standard InChI is InChI=1S/C20H22N4O4/c1-15(25)16-6-8-17(9-7-16)23-12-10-22(11-13-23)14-20(26)21-18-4-2-3-5-19(18)24(27)28/h2-9H,10-14H2,1H3,(H,21,26). The van der Waals surface area contributed by atoms with E-state index in [-0.39, 0.29) is 29.6 Å². The van der Waals surface area contributed by atoms with Crippen molar-refractivity contribution in [2.45, 2.75) is 6.92 Å². The van der Waals surface area contributed by atoms with Crippen molar-refractivity contribution in [3.8, 4) is 0 Å². The summed E-state index contributed by atoms with van der Waals surface area (Å²) in [5.74, 6) is -0.227. The van der Waals surface area contributed by atoms with Gasteiger partial charge in [0, 0.05) is 43.5 Å². The Balaban J connectivity index is 1.52. The number of nitro benzene ring substituents is 1. The number of hydrogen-bond donors (Lipinski definition) is 1. The maximum Gasteiger partial charge on any atom is 0.292 e. The van der Waals surface area contributed by atoms with E-state index in [9.17, 15) is 19.7 Å². The number of Topliss-reactive ketones (excluding diaryl/α,β-unsaturated/α-hetero) is 1. The highest BCUT2D eigenvalue weighted by Gasteiger charge is 2.21. The van der Waals surface area contributed by atoms with Crippen LogP contribution in [0.5, 0.6) is 0 Å². The highest BCUT2D eigenvalue weighted by atomic mass is 16.6. The molecule has 1 heterocycles. The molecule has 0 aromatic heterocycles. The minimum absolute atomic E-state index is 0.0426. The molecule has 2 aromatic rings. The minimum atomic E-state index is -0.508. The number of nitro groups is 1. The van der Waals surface area contributed by atoms with Gasteiger partial charge in [-0.05, 0) is 37.3 Å². The van der Waals surface area contributed by atoms with Gasteiger partial charge in [0.25, 0.3) is 5.69 Å². The van der Waals surface area contributed by atoms with Crippen molar-refractivity contribution in [2.24, 2.45) is 0 Å². The number of nitrogens with zero attached hydrogens (tertiary/aromatic N) is 3. The Kier molecular flexibility index (Phi) is 6.00. The minimum Gasteiger partial charge on any atom is -0.369 e. The van der Waals surface area contributed by atoms with Gasteiger partial charge in [0.2, 0.25) is 5.91 Å². The lowest BCUT2D eigenvalue weighted by atomic mass is 10.1. The summed E-state index contributed by atoms with van der Waals surface area (Å²) in [6.07, 6.45) is 0. The normalized spacial score (nSPS) is 14.5. The van der Waals surface area contributed by atoms with Crippen molar-refractivity contribution in [1.29, 1.82) is 0 Å². The van der Waals surface area contributed by atoms with Crippen LogP contribution in [0.1, 0.15) is 17.3 Å². The molecule has 0 atom stereocenters. The van der Waals surface area contributed by atoms with E-state index in [1.165, 1.54) is 12.1 Å². The molecule has 0 radical (unpaired) electrons. The van der Waals surface area contributed by atoms with E-state index >= 15 is 0 Å². The summed E-state index contributed by atoms with van der Waals surface area (Å²) in [4.78, 5) is 38.4. The van der Waals surface area contributed by atoms with E-state index in [1.807, 2.05) is 29.2 Å². The smallest absolute Gasteiger partial charge is 0.292 e. The molecule has 1 aliphatic rings. The summed E-state index contributed by atoms with van der Waals surface area (Å²) in [5.41, 5.74) is 1.83. The van der Waals surface area contributed by atoms with Crippen LogP contribution in [0.4, 0.5) is 17.1 Å². The highest BCUT2D eigenvalue weighted by Crippen LogP contribution is 2.23. The molecular formula is C20H22N4O4. The van der Waals surface area contributed by atoms with E-state index in [0.29, 0.717) is 18.7 Å². The number of anilines is 2. The summed E-state index contributed by atoms with van der Waals surface area (Å²) in [6.45, 7) is 4.67. The number of hydrogen-bond acceptors (Lipinski definition) is 6. The monoisotopic (exact) mass is 382 g/mol. The molecule has 3 rings (SSSR count). The van der Waals surface area contributed by atoms with E-state index in [4.69, 9.17) is 0 Å². The Morgan fingerprint density at radius 1 is 1.04 bits per heavy atom. The van der Waals surface area contributed by atoms with Gasteiger partial charge >= 0.3 is 0 Å². The molecule has 2 aromatic carbocycles. The van der Waals surface area contributed by atoms with Crippen molar-refractivity contribution in [1.82, 2.24) is 4.90 Å². The van der Waals surface area contributed by atoms with Gasteiger partial charge in [0.1, 0.15) is 5.69 Å². The highest BCUT2D eigenvalue weighted by molar-refractivity contribution is 5.95. The Morgan fingerprint density at radius 3 is 2.29 bits per heavy atom. The van der Waals surface area contributed by atoms with Gasteiger partial charge in [-0.15, -0.1) is 0 Å². The zero-order valence-electron chi connectivity index (χ0n) is 15.6. The average Bonchev–Trinajstić information content (AvgIpc) is 2.69. The van der Waals surface area contributed by atoms with Gasteiger partial charge in [-0.25, -0.2) is 0 Å². The van der Waals surface area contributed by atoms with Crippen LogP contribution in [-0.4, -0.2) is 54.2 Å². The van der Waals surface area contributed by atoms with Crippen LogP contribution in [-0.2, 0) is 4.79 Å². The predicted molar refractivity (Wildman–Crippen MR) is 107 cm³/mol. The summed E-state index contributed by atoms with van der Waals surface area (Å²) in [7, 11) is 0. The summed E-state index contributed by atoms with van der Waals surface area (Å²) < 4.78 is 0. The number of carbonyl (C=O) groups is 2. The van der Waals surface area contributed by atoms with E-state index in [1.54, 1.807) is 19.1 Å². The molecule has 1 fully saturated rings. The molecule has 1 N–H and O–H groups in total. The average molecular weight is 382 g/mol. The second-order valence-electron chi connectivity index (χ2n) is 6.69. The SMILES string of the molecule is CC(=O)c1ccc(N2CCN(CC(=O)Nc3ccccc3[N+](=O)[O-])CC2)cc1. The number of carbonyl (C=O) groups excluding carboxylic acids is 2. The molecule has 146 valence electrons. The van der Waals surface area contributed by atoms with Gasteiger partial charge < -0.3 is 10.2 Å². The maximum absolute atomic E-state index is 12.3. The lowest BCUT2D eigenvalue weighted by molar-refractivity contribution is -0.383. The first-order valence-corrected chi connectivity index (χ1v) is 9.05. The molecule has 0 spiro atoms. The van der Waals surface area contributed by atoms with Gasteiger partial charge in [-0.2, -0.15) is 0 Å². The molecule has 0 bridgehead atoms. The first-order chi connectivity index (χ1) is 13.4. The molecule has 1 aliphatic heterocycles. The van der Waals surface area contributed by atoms with E-state index in [0.717, 1.165) is 18.8 Å². The first kappa shape index (κ1) is 19.5. The Hall–Kier alpha value is -3.26. The van der Waals surface area contributed by atoms with Crippen molar-refractivity contribution < 1.29 is 14.5 Å². The fraction of sp³-hybridized carbons (Fsp3) is 0.300. The van der Waals surface area contributed by atoms with Crippen molar-refractivity contribution in [3.05, 3.63) is 64.2 Å². The maximum atomic E-state index is 12.3. The number of amides is 1. The molecule has 0 saturated carbocycles. The Bertz CT molecular complexity index is 874. The van der Waals surface area contributed by atoms with E-state index < -0.39 is 4.92 Å². The zero-order valence-corrected chi connectivity index (χ0v) is 15.6. The predicted octanol–water partition coefficient (Wildman–Crippen LogP) is 2.56. The molecular weight excluding hydrogens is 360 g/mol. The number of nitrogens with one attached hydrogen (secondary N) is 1. The molecule has 0 unspecified atom stereocenters. The van der Waals surface area contributed by atoms with Gasteiger partial charge in [0.05, 0.1) is 11.5 Å². The van der Waals surface area contributed by atoms with Crippen LogP contribution >= 0.6 is 0 Å². The van der Waals surface area contributed by atoms with Crippen LogP contribution in [0, 0.1) is 10.1 Å². The Morgan fingerprint density at radius 2 is 1.68 bits per heavy atom. The third-order valence-electron chi connectivity index (χ3n) is 4.75. The molecule has 8 nitrogen and oxygen atoms in total. The third kappa shape index (κ3) is 4.72. The van der Waals surface area contributed by atoms with Crippen molar-refractivity contribution in [3.63, 3.8) is 0 Å². The molecule has 28 heavy (non-hydrogen) atoms. The number of ketones is 1. The third-order valence-corrected chi connectivity index (χ3v) is 4.75. The zero-order chi connectivity index (χ0) is 20.1. The number of benzene rings is 2. The van der Waals surface area contributed by atoms with E-state index in [2.05, 4.69) is 10.2 Å². The van der Waals surface area contributed by atoms with Crippen molar-refractivity contribution >= 4 is 28.8 Å². The van der Waals surface area contributed by atoms with Gasteiger partial charge in [-0.3, -0.25) is 24.6 Å². The largest absolute Gasteiger partial charge is 0.369 e. The van der Waals surface area contributed by atoms with Crippen LogP contribution in [0.2, 0.25) is 0 Å². The number of rotatable bonds is 6. The Labute approximate surface area is 162 Å².